The molecule has 2 aromatic rings. The first kappa shape index (κ1) is 18.9. The zero-order valence-corrected chi connectivity index (χ0v) is 16.4. The van der Waals surface area contributed by atoms with E-state index in [0.717, 1.165) is 63.2 Å². The molecule has 0 radical (unpaired) electrons. The highest BCUT2D eigenvalue weighted by molar-refractivity contribution is 5.79. The molecular formula is C21H32N4O. The van der Waals surface area contributed by atoms with Crippen molar-refractivity contribution in [1.29, 1.82) is 0 Å². The number of fused-ring (bicyclic) bond motifs is 1. The highest BCUT2D eigenvalue weighted by Gasteiger charge is 2.27. The van der Waals surface area contributed by atoms with Crippen LogP contribution in [0, 0.1) is 5.92 Å². The Morgan fingerprint density at radius 2 is 2.15 bits per heavy atom. The molecular weight excluding hydrogens is 324 g/mol. The Hall–Kier alpha value is -1.88. The van der Waals surface area contributed by atoms with E-state index in [1.807, 2.05) is 6.07 Å². The van der Waals surface area contributed by atoms with Gasteiger partial charge in [-0.2, -0.15) is 0 Å². The minimum Gasteiger partial charge on any atom is -0.356 e. The second-order valence-corrected chi connectivity index (χ2v) is 7.70. The van der Waals surface area contributed by atoms with Gasteiger partial charge in [-0.15, -0.1) is 0 Å². The third-order valence-electron chi connectivity index (χ3n) is 5.26. The molecule has 3 rings (SSSR count). The molecule has 2 heterocycles. The first-order chi connectivity index (χ1) is 12.6. The molecule has 0 bridgehead atoms. The highest BCUT2D eigenvalue weighted by Crippen LogP contribution is 2.24. The molecule has 142 valence electrons. The number of amides is 1. The fourth-order valence-electron chi connectivity index (χ4n) is 3.93. The number of carbonyl (C=O) groups is 1. The summed E-state index contributed by atoms with van der Waals surface area (Å²) in [5, 5.41) is 3.10. The van der Waals surface area contributed by atoms with Gasteiger partial charge in [-0.3, -0.25) is 9.69 Å². The van der Waals surface area contributed by atoms with Crippen LogP contribution < -0.4 is 5.32 Å². The van der Waals surface area contributed by atoms with Gasteiger partial charge in [0.2, 0.25) is 5.91 Å². The van der Waals surface area contributed by atoms with E-state index in [2.05, 4.69) is 53.8 Å². The van der Waals surface area contributed by atoms with Gasteiger partial charge in [-0.25, -0.2) is 4.98 Å². The van der Waals surface area contributed by atoms with Crippen molar-refractivity contribution in [2.75, 3.05) is 19.6 Å². The van der Waals surface area contributed by atoms with E-state index in [1.54, 1.807) is 0 Å². The number of nitrogens with zero attached hydrogens (tertiary/aromatic N) is 3. The first-order valence-electron chi connectivity index (χ1n) is 10.1. The van der Waals surface area contributed by atoms with E-state index >= 15 is 0 Å². The minimum atomic E-state index is 0.109. The number of rotatable bonds is 7. The fourth-order valence-corrected chi connectivity index (χ4v) is 3.93. The van der Waals surface area contributed by atoms with Crippen molar-refractivity contribution in [1.82, 2.24) is 19.8 Å². The van der Waals surface area contributed by atoms with Crippen molar-refractivity contribution in [2.45, 2.75) is 59.0 Å². The van der Waals surface area contributed by atoms with Crippen LogP contribution >= 0.6 is 0 Å². The fraction of sp³-hybridized carbons (Fsp3) is 0.619. The highest BCUT2D eigenvalue weighted by atomic mass is 16.1. The van der Waals surface area contributed by atoms with Gasteiger partial charge in [0.25, 0.3) is 0 Å². The predicted octanol–water partition coefficient (Wildman–Crippen LogP) is 3.75. The van der Waals surface area contributed by atoms with E-state index < -0.39 is 0 Å². The van der Waals surface area contributed by atoms with Crippen LogP contribution in [0.4, 0.5) is 0 Å². The first-order valence-corrected chi connectivity index (χ1v) is 10.1. The van der Waals surface area contributed by atoms with Crippen LogP contribution in [0.25, 0.3) is 11.0 Å². The largest absolute Gasteiger partial charge is 0.356 e. The number of nitrogens with one attached hydrogen (secondary N) is 1. The van der Waals surface area contributed by atoms with Crippen molar-refractivity contribution in [3.63, 3.8) is 0 Å². The monoisotopic (exact) mass is 356 g/mol. The third-order valence-corrected chi connectivity index (χ3v) is 5.26. The van der Waals surface area contributed by atoms with Crippen molar-refractivity contribution in [2.24, 2.45) is 5.92 Å². The van der Waals surface area contributed by atoms with Gasteiger partial charge in [-0.05, 0) is 51.8 Å². The number of carbonyl (C=O) groups excluding carboxylic acids is 1. The van der Waals surface area contributed by atoms with Gasteiger partial charge in [-0.1, -0.05) is 25.5 Å². The Kier molecular flexibility index (Phi) is 6.30. The molecule has 1 aliphatic heterocycles. The van der Waals surface area contributed by atoms with Gasteiger partial charge in [0.05, 0.1) is 23.5 Å². The van der Waals surface area contributed by atoms with Crippen LogP contribution in [-0.4, -0.2) is 40.0 Å². The SMILES string of the molecule is CCCCNC(=O)[C@@H]1CCCN(Cc2nc3ccccc3n2C(C)C)C1. The number of likely N-dealkylation sites (tertiary alicyclic amines) is 1. The van der Waals surface area contributed by atoms with Crippen molar-refractivity contribution < 1.29 is 4.79 Å². The molecule has 1 saturated heterocycles. The summed E-state index contributed by atoms with van der Waals surface area (Å²) in [5.41, 5.74) is 2.26. The number of hydrogen-bond donors (Lipinski definition) is 1. The number of piperidine rings is 1. The Labute approximate surface area is 156 Å². The lowest BCUT2D eigenvalue weighted by Gasteiger charge is -2.32. The van der Waals surface area contributed by atoms with E-state index in [4.69, 9.17) is 4.98 Å². The normalized spacial score (nSPS) is 18.5. The summed E-state index contributed by atoms with van der Waals surface area (Å²) in [6, 6.07) is 8.71. The summed E-state index contributed by atoms with van der Waals surface area (Å²) in [6.07, 6.45) is 4.24. The summed E-state index contributed by atoms with van der Waals surface area (Å²) in [5.74, 6) is 1.44. The lowest BCUT2D eigenvalue weighted by Crippen LogP contribution is -2.43. The maximum Gasteiger partial charge on any atom is 0.224 e. The molecule has 1 aliphatic rings. The Bertz CT molecular complexity index is 737. The van der Waals surface area contributed by atoms with E-state index in [9.17, 15) is 4.79 Å². The van der Waals surface area contributed by atoms with E-state index in [0.29, 0.717) is 6.04 Å². The smallest absolute Gasteiger partial charge is 0.224 e. The maximum absolute atomic E-state index is 12.4. The maximum atomic E-state index is 12.4. The summed E-state index contributed by atoms with van der Waals surface area (Å²) >= 11 is 0. The Balaban J connectivity index is 1.70. The zero-order chi connectivity index (χ0) is 18.5. The number of imidazole rings is 1. The molecule has 1 aromatic carbocycles. The standard InChI is InChI=1S/C21H32N4O/c1-4-5-12-22-21(26)17-9-8-13-24(14-17)15-20-23-18-10-6-7-11-19(18)25(20)16(2)3/h6-7,10-11,16-17H,4-5,8-9,12-15H2,1-3H3,(H,22,26)/t17-/m1/s1. The van der Waals surface area contributed by atoms with Crippen LogP contribution in [-0.2, 0) is 11.3 Å². The van der Waals surface area contributed by atoms with Gasteiger partial charge in [0, 0.05) is 19.1 Å². The molecule has 5 nitrogen and oxygen atoms in total. The number of hydrogen-bond acceptors (Lipinski definition) is 3. The molecule has 0 unspecified atom stereocenters. The quantitative estimate of drug-likeness (QED) is 0.769. The summed E-state index contributed by atoms with van der Waals surface area (Å²) in [4.78, 5) is 19.7. The van der Waals surface area contributed by atoms with E-state index in [-0.39, 0.29) is 11.8 Å². The second-order valence-electron chi connectivity index (χ2n) is 7.70. The van der Waals surface area contributed by atoms with Crippen LogP contribution in [0.1, 0.15) is 58.3 Å². The lowest BCUT2D eigenvalue weighted by atomic mass is 9.97. The van der Waals surface area contributed by atoms with Gasteiger partial charge >= 0.3 is 0 Å². The molecule has 0 aliphatic carbocycles. The third kappa shape index (κ3) is 4.26. The minimum absolute atomic E-state index is 0.109. The average molecular weight is 357 g/mol. The molecule has 5 heteroatoms. The van der Waals surface area contributed by atoms with Gasteiger partial charge in [0.1, 0.15) is 5.82 Å². The Morgan fingerprint density at radius 3 is 2.92 bits per heavy atom. The topological polar surface area (TPSA) is 50.2 Å². The summed E-state index contributed by atoms with van der Waals surface area (Å²) in [7, 11) is 0. The van der Waals surface area contributed by atoms with Crippen LogP contribution in [0.3, 0.4) is 0 Å². The Morgan fingerprint density at radius 1 is 1.35 bits per heavy atom. The molecule has 1 atom stereocenters. The van der Waals surface area contributed by atoms with Crippen LogP contribution in [0.2, 0.25) is 0 Å². The van der Waals surface area contributed by atoms with Gasteiger partial charge in [0.15, 0.2) is 0 Å². The molecule has 1 amide bonds. The molecule has 26 heavy (non-hydrogen) atoms. The second kappa shape index (κ2) is 8.67. The van der Waals surface area contributed by atoms with Crippen LogP contribution in [0.5, 0.6) is 0 Å². The lowest BCUT2D eigenvalue weighted by molar-refractivity contribution is -0.126. The predicted molar refractivity (Wildman–Crippen MR) is 106 cm³/mol. The number of benzene rings is 1. The van der Waals surface area contributed by atoms with Crippen LogP contribution in [0.15, 0.2) is 24.3 Å². The number of unbranched alkanes of at least 4 members (excludes halogenated alkanes) is 1. The van der Waals surface area contributed by atoms with Gasteiger partial charge < -0.3 is 9.88 Å². The molecule has 1 N–H and O–H groups in total. The van der Waals surface area contributed by atoms with Crippen molar-refractivity contribution in [3.8, 4) is 0 Å². The summed E-state index contributed by atoms with van der Waals surface area (Å²) < 4.78 is 2.33. The number of aromatic nitrogens is 2. The molecule has 1 fully saturated rings. The van der Waals surface area contributed by atoms with Crippen molar-refractivity contribution >= 4 is 16.9 Å². The molecule has 1 aromatic heterocycles. The molecule has 0 spiro atoms. The number of para-hydroxylation sites is 2. The van der Waals surface area contributed by atoms with Crippen molar-refractivity contribution in [3.05, 3.63) is 30.1 Å². The van der Waals surface area contributed by atoms with E-state index in [1.165, 1.54) is 5.52 Å². The average Bonchev–Trinajstić information content (AvgIpc) is 3.00. The zero-order valence-electron chi connectivity index (χ0n) is 16.4. The summed E-state index contributed by atoms with van der Waals surface area (Å²) in [6.45, 7) is 10.0. The molecule has 0 saturated carbocycles.